The van der Waals surface area contributed by atoms with Gasteiger partial charge in [-0.3, -0.25) is 0 Å². The van der Waals surface area contributed by atoms with Gasteiger partial charge in [0.2, 0.25) is 0 Å². The zero-order valence-corrected chi connectivity index (χ0v) is 11.3. The van der Waals surface area contributed by atoms with E-state index in [2.05, 4.69) is 12.2 Å². The van der Waals surface area contributed by atoms with Crippen molar-refractivity contribution >= 4 is 17.7 Å². The van der Waals surface area contributed by atoms with Gasteiger partial charge in [0.25, 0.3) is 0 Å². The first kappa shape index (κ1) is 14.2. The summed E-state index contributed by atoms with van der Waals surface area (Å²) in [6.45, 7) is 3.52. The number of phenols is 1. The Balaban J connectivity index is 2.03. The highest BCUT2D eigenvalue weighted by atomic mass is 16.4. The van der Waals surface area contributed by atoms with E-state index < -0.39 is 5.97 Å². The van der Waals surface area contributed by atoms with Crippen molar-refractivity contribution in [1.82, 2.24) is 4.90 Å². The summed E-state index contributed by atoms with van der Waals surface area (Å²) in [5.41, 5.74) is 0.202. The normalized spacial score (nSPS) is 18.1. The molecule has 20 heavy (non-hydrogen) atoms. The number of aromatic carboxylic acids is 1. The summed E-state index contributed by atoms with van der Waals surface area (Å²) in [6.07, 6.45) is 2.04. The second-order valence-electron chi connectivity index (χ2n) is 4.98. The Labute approximate surface area is 117 Å². The predicted octanol–water partition coefficient (Wildman–Crippen LogP) is 2.35. The van der Waals surface area contributed by atoms with E-state index in [4.69, 9.17) is 5.11 Å². The van der Waals surface area contributed by atoms with Gasteiger partial charge < -0.3 is 20.4 Å². The quantitative estimate of drug-likeness (QED) is 0.740. The molecule has 1 unspecified atom stereocenters. The van der Waals surface area contributed by atoms with Crippen LogP contribution in [0, 0.1) is 5.92 Å². The number of carbonyl (C=O) groups is 2. The van der Waals surface area contributed by atoms with Gasteiger partial charge in [-0.25, -0.2) is 9.59 Å². The second-order valence-corrected chi connectivity index (χ2v) is 4.98. The first-order valence-corrected chi connectivity index (χ1v) is 6.63. The SMILES string of the molecule is CCC1CCN(C(=O)Nc2ccc(C(=O)O)cc2O)C1. The van der Waals surface area contributed by atoms with Crippen molar-refractivity contribution in [2.45, 2.75) is 19.8 Å². The summed E-state index contributed by atoms with van der Waals surface area (Å²) in [6, 6.07) is 3.59. The molecule has 108 valence electrons. The predicted molar refractivity (Wildman–Crippen MR) is 74.1 cm³/mol. The number of hydrogen-bond acceptors (Lipinski definition) is 3. The van der Waals surface area contributed by atoms with Gasteiger partial charge in [0, 0.05) is 13.1 Å². The Morgan fingerprint density at radius 3 is 2.75 bits per heavy atom. The lowest BCUT2D eigenvalue weighted by Crippen LogP contribution is -2.33. The number of carboxylic acid groups (broad SMARTS) is 1. The number of nitrogens with one attached hydrogen (secondary N) is 1. The van der Waals surface area contributed by atoms with Crippen molar-refractivity contribution in [3.63, 3.8) is 0 Å². The van der Waals surface area contributed by atoms with Crippen LogP contribution in [0.5, 0.6) is 5.75 Å². The van der Waals surface area contributed by atoms with Crippen molar-refractivity contribution in [2.24, 2.45) is 5.92 Å². The minimum Gasteiger partial charge on any atom is -0.506 e. The average molecular weight is 278 g/mol. The van der Waals surface area contributed by atoms with Crippen LogP contribution in [0.4, 0.5) is 10.5 Å². The van der Waals surface area contributed by atoms with Crippen LogP contribution in [0.15, 0.2) is 18.2 Å². The molecular formula is C14H18N2O4. The van der Waals surface area contributed by atoms with Gasteiger partial charge in [-0.15, -0.1) is 0 Å². The van der Waals surface area contributed by atoms with Crippen LogP contribution in [-0.2, 0) is 0 Å². The van der Waals surface area contributed by atoms with Gasteiger partial charge in [-0.05, 0) is 30.5 Å². The molecule has 0 aromatic heterocycles. The fraction of sp³-hybridized carbons (Fsp3) is 0.429. The van der Waals surface area contributed by atoms with Gasteiger partial charge in [0.15, 0.2) is 0 Å². The molecule has 1 aromatic carbocycles. The lowest BCUT2D eigenvalue weighted by atomic mass is 10.1. The molecule has 1 saturated heterocycles. The minimum absolute atomic E-state index is 0.0206. The average Bonchev–Trinajstić information content (AvgIpc) is 2.89. The molecule has 0 spiro atoms. The van der Waals surface area contributed by atoms with Crippen LogP contribution in [-0.4, -0.2) is 40.2 Å². The van der Waals surface area contributed by atoms with Gasteiger partial charge in [0.05, 0.1) is 11.3 Å². The second kappa shape index (κ2) is 5.81. The molecule has 1 fully saturated rings. The third kappa shape index (κ3) is 3.01. The monoisotopic (exact) mass is 278 g/mol. The third-order valence-corrected chi connectivity index (χ3v) is 3.64. The lowest BCUT2D eigenvalue weighted by Gasteiger charge is -2.17. The smallest absolute Gasteiger partial charge is 0.335 e. The molecule has 6 nitrogen and oxygen atoms in total. The van der Waals surface area contributed by atoms with E-state index in [1.165, 1.54) is 12.1 Å². The molecular weight excluding hydrogens is 260 g/mol. The summed E-state index contributed by atoms with van der Waals surface area (Å²) in [7, 11) is 0. The highest BCUT2D eigenvalue weighted by Gasteiger charge is 2.25. The number of aromatic hydroxyl groups is 1. The number of amides is 2. The topological polar surface area (TPSA) is 89.9 Å². The van der Waals surface area contributed by atoms with Crippen LogP contribution >= 0.6 is 0 Å². The molecule has 6 heteroatoms. The number of hydrogen-bond donors (Lipinski definition) is 3. The van der Waals surface area contributed by atoms with Crippen LogP contribution in [0.1, 0.15) is 30.1 Å². The van der Waals surface area contributed by atoms with Gasteiger partial charge >= 0.3 is 12.0 Å². The maximum Gasteiger partial charge on any atom is 0.335 e. The zero-order chi connectivity index (χ0) is 14.7. The number of urea groups is 1. The maximum atomic E-state index is 12.0. The number of likely N-dealkylation sites (tertiary alicyclic amines) is 1. The molecule has 3 N–H and O–H groups in total. The van der Waals surface area contributed by atoms with E-state index in [1.54, 1.807) is 4.90 Å². The summed E-state index contributed by atoms with van der Waals surface area (Å²) in [4.78, 5) is 24.5. The van der Waals surface area contributed by atoms with Gasteiger partial charge in [-0.1, -0.05) is 13.3 Å². The highest BCUT2D eigenvalue weighted by Crippen LogP contribution is 2.26. The maximum absolute atomic E-state index is 12.0. The van der Waals surface area contributed by atoms with Crippen LogP contribution in [0.3, 0.4) is 0 Å². The van der Waals surface area contributed by atoms with Crippen molar-refractivity contribution in [1.29, 1.82) is 0 Å². The molecule has 1 aromatic rings. The fourth-order valence-electron chi connectivity index (χ4n) is 2.31. The standard InChI is InChI=1S/C14H18N2O4/c1-2-9-5-6-16(8-9)14(20)15-11-4-3-10(13(18)19)7-12(11)17/h3-4,7,9,17H,2,5-6,8H2,1H3,(H,15,20)(H,18,19). The third-order valence-electron chi connectivity index (χ3n) is 3.64. The number of benzene rings is 1. The zero-order valence-electron chi connectivity index (χ0n) is 11.3. The lowest BCUT2D eigenvalue weighted by molar-refractivity contribution is 0.0696. The molecule has 2 rings (SSSR count). The fourth-order valence-corrected chi connectivity index (χ4v) is 2.31. The van der Waals surface area contributed by atoms with E-state index >= 15 is 0 Å². The van der Waals surface area contributed by atoms with Gasteiger partial charge in [0.1, 0.15) is 5.75 Å². The van der Waals surface area contributed by atoms with Gasteiger partial charge in [-0.2, -0.15) is 0 Å². The molecule has 0 radical (unpaired) electrons. The summed E-state index contributed by atoms with van der Waals surface area (Å²) in [5.74, 6) is -0.836. The van der Waals surface area contributed by atoms with Crippen LogP contribution in [0.25, 0.3) is 0 Å². The van der Waals surface area contributed by atoms with Crippen LogP contribution < -0.4 is 5.32 Å². The first-order valence-electron chi connectivity index (χ1n) is 6.63. The number of carboxylic acids is 1. The number of carbonyl (C=O) groups excluding carboxylic acids is 1. The Hall–Kier alpha value is -2.24. The molecule has 2 amide bonds. The molecule has 1 atom stereocenters. The summed E-state index contributed by atoms with van der Waals surface area (Å²) < 4.78 is 0. The van der Waals surface area contributed by atoms with Crippen LogP contribution in [0.2, 0.25) is 0 Å². The van der Waals surface area contributed by atoms with E-state index in [1.807, 2.05) is 0 Å². The van der Waals surface area contributed by atoms with E-state index in [0.29, 0.717) is 12.5 Å². The number of nitrogens with zero attached hydrogens (tertiary/aromatic N) is 1. The van der Waals surface area contributed by atoms with Crippen molar-refractivity contribution < 1.29 is 19.8 Å². The number of phenolic OH excluding ortho intramolecular Hbond substituents is 1. The Morgan fingerprint density at radius 2 is 2.20 bits per heavy atom. The van der Waals surface area contributed by atoms with E-state index in [0.717, 1.165) is 25.5 Å². The Bertz CT molecular complexity index is 530. The molecule has 0 bridgehead atoms. The number of anilines is 1. The number of rotatable bonds is 3. The van der Waals surface area contributed by atoms with Crippen molar-refractivity contribution in [2.75, 3.05) is 18.4 Å². The van der Waals surface area contributed by atoms with E-state index in [-0.39, 0.29) is 23.0 Å². The Kier molecular flexibility index (Phi) is 4.12. The summed E-state index contributed by atoms with van der Waals surface area (Å²) >= 11 is 0. The van der Waals surface area contributed by atoms with Crippen molar-refractivity contribution in [3.8, 4) is 5.75 Å². The van der Waals surface area contributed by atoms with Crippen molar-refractivity contribution in [3.05, 3.63) is 23.8 Å². The van der Waals surface area contributed by atoms with E-state index in [9.17, 15) is 14.7 Å². The molecule has 1 aliphatic rings. The molecule has 0 saturated carbocycles. The molecule has 1 heterocycles. The Morgan fingerprint density at radius 1 is 1.45 bits per heavy atom. The largest absolute Gasteiger partial charge is 0.506 e. The first-order chi connectivity index (χ1) is 9.51. The summed E-state index contributed by atoms with van der Waals surface area (Å²) in [5, 5.41) is 21.1. The molecule has 1 aliphatic heterocycles. The minimum atomic E-state index is -1.12. The highest BCUT2D eigenvalue weighted by molar-refractivity contribution is 5.93. The molecule has 0 aliphatic carbocycles.